The molecule has 7 heteroatoms. The number of aromatic nitrogens is 1. The van der Waals surface area contributed by atoms with Crippen molar-refractivity contribution in [3.05, 3.63) is 59.9 Å². The van der Waals surface area contributed by atoms with E-state index in [1.807, 2.05) is 29.2 Å². The van der Waals surface area contributed by atoms with Gasteiger partial charge in [0.2, 0.25) is 5.91 Å². The summed E-state index contributed by atoms with van der Waals surface area (Å²) in [7, 11) is 0. The third-order valence-electron chi connectivity index (χ3n) is 7.15. The second-order valence-corrected chi connectivity index (χ2v) is 9.79. The zero-order chi connectivity index (χ0) is 23.9. The van der Waals surface area contributed by atoms with E-state index in [1.165, 1.54) is 18.4 Å². The molecular weight excluding hydrogens is 426 g/mol. The first-order valence-corrected chi connectivity index (χ1v) is 12.6. The topological polar surface area (TPSA) is 77.6 Å². The number of urea groups is 1. The van der Waals surface area contributed by atoms with Gasteiger partial charge in [-0.2, -0.15) is 0 Å². The molecule has 1 atom stereocenters. The van der Waals surface area contributed by atoms with Crippen LogP contribution in [0, 0.1) is 5.92 Å². The number of nitrogens with zero attached hydrogens (tertiary/aromatic N) is 3. The van der Waals surface area contributed by atoms with Gasteiger partial charge in [0, 0.05) is 50.8 Å². The van der Waals surface area contributed by atoms with Gasteiger partial charge in [0.05, 0.1) is 6.04 Å². The quantitative estimate of drug-likeness (QED) is 0.644. The Hall–Kier alpha value is -2.93. The van der Waals surface area contributed by atoms with Crippen molar-refractivity contribution in [1.29, 1.82) is 0 Å². The summed E-state index contributed by atoms with van der Waals surface area (Å²) in [5.74, 6) is 0.955. The molecule has 1 aliphatic carbocycles. The van der Waals surface area contributed by atoms with Gasteiger partial charge in [-0.15, -0.1) is 0 Å². The molecule has 1 aromatic carbocycles. The lowest BCUT2D eigenvalue weighted by molar-refractivity contribution is -0.129. The molecule has 1 saturated carbocycles. The lowest BCUT2D eigenvalue weighted by Gasteiger charge is -2.40. The van der Waals surface area contributed by atoms with Crippen LogP contribution in [-0.2, 0) is 11.3 Å². The number of rotatable bonds is 7. The fourth-order valence-corrected chi connectivity index (χ4v) is 5.10. The number of pyridine rings is 1. The molecule has 1 unspecified atom stereocenters. The summed E-state index contributed by atoms with van der Waals surface area (Å²) in [6, 6.07) is 11.7. The first-order valence-electron chi connectivity index (χ1n) is 12.6. The van der Waals surface area contributed by atoms with Crippen LogP contribution < -0.4 is 10.6 Å². The van der Waals surface area contributed by atoms with E-state index in [0.717, 1.165) is 24.1 Å². The Morgan fingerprint density at radius 3 is 2.24 bits per heavy atom. The number of nitrogens with one attached hydrogen (secondary N) is 2. The van der Waals surface area contributed by atoms with Crippen LogP contribution in [0.25, 0.3) is 0 Å². The Morgan fingerprint density at radius 1 is 0.971 bits per heavy atom. The van der Waals surface area contributed by atoms with Gasteiger partial charge in [-0.25, -0.2) is 4.79 Å². The van der Waals surface area contributed by atoms with E-state index in [2.05, 4.69) is 46.5 Å². The molecular formula is C27H37N5O2. The zero-order valence-corrected chi connectivity index (χ0v) is 20.4. The van der Waals surface area contributed by atoms with Gasteiger partial charge >= 0.3 is 6.03 Å². The number of anilines is 1. The molecule has 4 rings (SSSR count). The van der Waals surface area contributed by atoms with Crippen molar-refractivity contribution in [1.82, 2.24) is 20.1 Å². The van der Waals surface area contributed by atoms with E-state index in [4.69, 9.17) is 0 Å². The molecule has 2 aromatic rings. The van der Waals surface area contributed by atoms with Crippen molar-refractivity contribution in [2.45, 2.75) is 58.0 Å². The average Bonchev–Trinajstić information content (AvgIpc) is 3.38. The minimum absolute atomic E-state index is 0.0727. The molecule has 2 N–H and O–H groups in total. The summed E-state index contributed by atoms with van der Waals surface area (Å²) >= 11 is 0. The normalized spacial score (nSPS) is 18.1. The van der Waals surface area contributed by atoms with Crippen molar-refractivity contribution in [2.24, 2.45) is 5.92 Å². The Bertz CT molecular complexity index is 933. The van der Waals surface area contributed by atoms with Crippen LogP contribution in [0.2, 0.25) is 0 Å². The number of carbonyl (C=O) groups is 2. The molecule has 0 radical (unpaired) electrons. The molecule has 2 heterocycles. The predicted molar refractivity (Wildman–Crippen MR) is 135 cm³/mol. The Labute approximate surface area is 202 Å². The Morgan fingerprint density at radius 2 is 1.62 bits per heavy atom. The number of carbonyl (C=O) groups excluding carboxylic acids is 2. The van der Waals surface area contributed by atoms with Crippen LogP contribution >= 0.6 is 0 Å². The zero-order valence-electron chi connectivity index (χ0n) is 20.4. The van der Waals surface area contributed by atoms with Gasteiger partial charge in [-0.05, 0) is 60.1 Å². The molecule has 1 aliphatic heterocycles. The predicted octanol–water partition coefficient (Wildman–Crippen LogP) is 4.23. The molecule has 0 bridgehead atoms. The summed E-state index contributed by atoms with van der Waals surface area (Å²) in [5, 5.41) is 6.17. The summed E-state index contributed by atoms with van der Waals surface area (Å²) in [6.45, 7) is 7.50. The van der Waals surface area contributed by atoms with Gasteiger partial charge in [-0.3, -0.25) is 14.7 Å². The van der Waals surface area contributed by atoms with Crippen LogP contribution in [0.5, 0.6) is 0 Å². The lowest BCUT2D eigenvalue weighted by Crippen LogP contribution is -2.58. The maximum Gasteiger partial charge on any atom is 0.321 e. The van der Waals surface area contributed by atoms with E-state index in [0.29, 0.717) is 44.6 Å². The third-order valence-corrected chi connectivity index (χ3v) is 7.15. The monoisotopic (exact) mass is 463 g/mol. The molecule has 1 aromatic heterocycles. The van der Waals surface area contributed by atoms with Gasteiger partial charge in [-0.1, -0.05) is 38.8 Å². The van der Waals surface area contributed by atoms with Crippen LogP contribution in [0.1, 0.15) is 56.6 Å². The second kappa shape index (κ2) is 11.5. The minimum atomic E-state index is -0.127. The van der Waals surface area contributed by atoms with Crippen molar-refractivity contribution >= 4 is 17.6 Å². The fraction of sp³-hybridized carbons (Fsp3) is 0.519. The van der Waals surface area contributed by atoms with E-state index in [-0.39, 0.29) is 18.0 Å². The molecule has 7 nitrogen and oxygen atoms in total. The highest BCUT2D eigenvalue weighted by Gasteiger charge is 2.37. The van der Waals surface area contributed by atoms with Crippen LogP contribution in [-0.4, -0.2) is 58.9 Å². The SMILES string of the molecule is CC(C)c1ccc(NC(=O)N2CCN(C(C(=O)NCc3ccncc3)C3CCCC3)CC2)cc1. The maximum atomic E-state index is 13.3. The molecule has 2 fully saturated rings. The first-order chi connectivity index (χ1) is 16.5. The maximum absolute atomic E-state index is 13.3. The van der Waals surface area contributed by atoms with Crippen molar-refractivity contribution < 1.29 is 9.59 Å². The number of hydrogen-bond acceptors (Lipinski definition) is 4. The van der Waals surface area contributed by atoms with Crippen molar-refractivity contribution in [3.63, 3.8) is 0 Å². The van der Waals surface area contributed by atoms with Gasteiger partial charge in [0.25, 0.3) is 0 Å². The number of hydrogen-bond donors (Lipinski definition) is 2. The van der Waals surface area contributed by atoms with Crippen LogP contribution in [0.3, 0.4) is 0 Å². The van der Waals surface area contributed by atoms with E-state index >= 15 is 0 Å². The lowest BCUT2D eigenvalue weighted by atomic mass is 9.95. The highest BCUT2D eigenvalue weighted by molar-refractivity contribution is 5.89. The summed E-state index contributed by atoms with van der Waals surface area (Å²) in [5.41, 5.74) is 3.12. The summed E-state index contributed by atoms with van der Waals surface area (Å²) in [4.78, 5) is 34.3. The van der Waals surface area contributed by atoms with Gasteiger partial charge in [0.15, 0.2) is 0 Å². The largest absolute Gasteiger partial charge is 0.351 e. The van der Waals surface area contributed by atoms with E-state index in [9.17, 15) is 9.59 Å². The number of benzene rings is 1. The average molecular weight is 464 g/mol. The second-order valence-electron chi connectivity index (χ2n) is 9.79. The summed E-state index contributed by atoms with van der Waals surface area (Å²) < 4.78 is 0. The fourth-order valence-electron chi connectivity index (χ4n) is 5.10. The van der Waals surface area contributed by atoms with Crippen molar-refractivity contribution in [3.8, 4) is 0 Å². The third kappa shape index (κ3) is 6.14. The highest BCUT2D eigenvalue weighted by atomic mass is 16.2. The van der Waals surface area contributed by atoms with E-state index in [1.54, 1.807) is 12.4 Å². The molecule has 2 aliphatic rings. The molecule has 0 spiro atoms. The Balaban J connectivity index is 1.32. The first kappa shape index (κ1) is 24.2. The highest BCUT2D eigenvalue weighted by Crippen LogP contribution is 2.31. The number of amides is 3. The standard InChI is InChI=1S/C27H37N5O2/c1-20(2)22-7-9-24(10-8-22)30-27(34)32-17-15-31(16-18-32)25(23-5-3-4-6-23)26(33)29-19-21-11-13-28-14-12-21/h7-14,20,23,25H,3-6,15-19H2,1-2H3,(H,29,33)(H,30,34). The molecule has 1 saturated heterocycles. The minimum Gasteiger partial charge on any atom is -0.351 e. The van der Waals surface area contributed by atoms with E-state index < -0.39 is 0 Å². The van der Waals surface area contributed by atoms with Gasteiger partial charge < -0.3 is 15.5 Å². The number of piperazine rings is 1. The molecule has 182 valence electrons. The van der Waals surface area contributed by atoms with Crippen molar-refractivity contribution in [2.75, 3.05) is 31.5 Å². The van der Waals surface area contributed by atoms with Crippen LogP contribution in [0.4, 0.5) is 10.5 Å². The van der Waals surface area contributed by atoms with Crippen LogP contribution in [0.15, 0.2) is 48.8 Å². The smallest absolute Gasteiger partial charge is 0.321 e. The van der Waals surface area contributed by atoms with Gasteiger partial charge in [0.1, 0.15) is 0 Å². The summed E-state index contributed by atoms with van der Waals surface area (Å²) in [6.07, 6.45) is 8.08. The molecule has 34 heavy (non-hydrogen) atoms. The molecule has 3 amide bonds. The Kier molecular flexibility index (Phi) is 8.16.